The van der Waals surface area contributed by atoms with E-state index in [2.05, 4.69) is 15.9 Å². The van der Waals surface area contributed by atoms with E-state index in [0.717, 1.165) is 17.3 Å². The highest BCUT2D eigenvalue weighted by atomic mass is 79.9. The van der Waals surface area contributed by atoms with Crippen molar-refractivity contribution < 1.29 is 13.2 Å². The number of benzene rings is 2. The molecular weight excluding hydrogens is 414 g/mol. The summed E-state index contributed by atoms with van der Waals surface area (Å²) in [5, 5.41) is 1.21. The van der Waals surface area contributed by atoms with Gasteiger partial charge in [-0.15, -0.1) is 0 Å². The minimum atomic E-state index is -3.24. The number of carbonyl (C=O) groups is 1. The Labute approximate surface area is 162 Å². The van der Waals surface area contributed by atoms with Crippen LogP contribution >= 0.6 is 15.9 Å². The molecule has 6 heteroatoms. The van der Waals surface area contributed by atoms with Crippen LogP contribution in [0.15, 0.2) is 70.6 Å². The lowest BCUT2D eigenvalue weighted by Crippen LogP contribution is -2.41. The smallest absolute Gasteiger partial charge is 0.227 e. The third-order valence-electron chi connectivity index (χ3n) is 4.32. The van der Waals surface area contributed by atoms with E-state index in [1.807, 2.05) is 54.6 Å². The predicted molar refractivity (Wildman–Crippen MR) is 108 cm³/mol. The molecule has 0 saturated heterocycles. The molecule has 0 radical (unpaired) electrons. The number of anilines is 1. The summed E-state index contributed by atoms with van der Waals surface area (Å²) < 4.78 is 24.6. The summed E-state index contributed by atoms with van der Waals surface area (Å²) in [5.74, 6) is -0.122. The number of hydrogen-bond donors (Lipinski definition) is 0. The van der Waals surface area contributed by atoms with Gasteiger partial charge in [-0.2, -0.15) is 0 Å². The molecule has 0 bridgehead atoms. The van der Waals surface area contributed by atoms with Gasteiger partial charge in [0.2, 0.25) is 5.91 Å². The highest BCUT2D eigenvalue weighted by Crippen LogP contribution is 2.25. The van der Waals surface area contributed by atoms with Crippen LogP contribution < -0.4 is 4.90 Å². The van der Waals surface area contributed by atoms with Crippen LogP contribution in [0.5, 0.6) is 0 Å². The van der Waals surface area contributed by atoms with Crippen LogP contribution in [0.3, 0.4) is 0 Å². The molecule has 1 atom stereocenters. The molecule has 0 aromatic heterocycles. The first-order chi connectivity index (χ1) is 12.4. The molecule has 3 rings (SSSR count). The molecular formula is C20H20BrNO3S. The quantitative estimate of drug-likeness (QED) is 0.688. The second-order valence-corrected chi connectivity index (χ2v) is 9.15. The van der Waals surface area contributed by atoms with E-state index in [4.69, 9.17) is 0 Å². The van der Waals surface area contributed by atoms with Gasteiger partial charge in [-0.25, -0.2) is 8.42 Å². The van der Waals surface area contributed by atoms with Gasteiger partial charge in [0.05, 0.1) is 11.8 Å². The molecule has 0 unspecified atom stereocenters. The molecule has 1 heterocycles. The summed E-state index contributed by atoms with van der Waals surface area (Å²) in [6.45, 7) is 0. The minimum absolute atomic E-state index is 0.0602. The average molecular weight is 434 g/mol. The van der Waals surface area contributed by atoms with Crippen LogP contribution in [0.25, 0.3) is 0 Å². The third-order valence-corrected chi connectivity index (χ3v) is 6.22. The standard InChI is InChI=1S/C20H20BrNO3S/c21-17-9-11-18(12-10-17)22(19-13-14-26(24,25)15-19)20(23)8-4-7-16-5-2-1-3-6-16/h1-3,5-6,9-14,19H,4,7-8,15H2/t19-/m1/s1. The summed E-state index contributed by atoms with van der Waals surface area (Å²) >= 11 is 3.39. The summed E-state index contributed by atoms with van der Waals surface area (Å²) in [5.41, 5.74) is 1.91. The first kappa shape index (κ1) is 18.9. The fourth-order valence-electron chi connectivity index (χ4n) is 3.05. The Kier molecular flexibility index (Phi) is 5.94. The van der Waals surface area contributed by atoms with Crippen molar-refractivity contribution in [2.45, 2.75) is 25.3 Å². The lowest BCUT2D eigenvalue weighted by atomic mass is 10.1. The van der Waals surface area contributed by atoms with Crippen LogP contribution in [0, 0.1) is 0 Å². The van der Waals surface area contributed by atoms with Gasteiger partial charge in [-0.3, -0.25) is 4.79 Å². The Morgan fingerprint density at radius 2 is 1.77 bits per heavy atom. The van der Waals surface area contributed by atoms with Crippen molar-refractivity contribution in [1.82, 2.24) is 0 Å². The normalized spacial score (nSPS) is 18.0. The van der Waals surface area contributed by atoms with Gasteiger partial charge >= 0.3 is 0 Å². The van der Waals surface area contributed by atoms with Crippen molar-refractivity contribution in [2.75, 3.05) is 10.7 Å². The van der Waals surface area contributed by atoms with Crippen LogP contribution in [-0.2, 0) is 21.1 Å². The lowest BCUT2D eigenvalue weighted by molar-refractivity contribution is -0.118. The zero-order valence-corrected chi connectivity index (χ0v) is 16.6. The molecule has 0 aliphatic carbocycles. The molecule has 26 heavy (non-hydrogen) atoms. The van der Waals surface area contributed by atoms with Crippen molar-refractivity contribution in [2.24, 2.45) is 0 Å². The Bertz CT molecular complexity index is 892. The molecule has 0 N–H and O–H groups in total. The number of sulfone groups is 1. The number of halogens is 1. The summed E-state index contributed by atoms with van der Waals surface area (Å²) in [7, 11) is -3.24. The van der Waals surface area contributed by atoms with Crippen molar-refractivity contribution >= 4 is 37.4 Å². The predicted octanol–water partition coefficient (Wildman–Crippen LogP) is 4.12. The van der Waals surface area contributed by atoms with E-state index >= 15 is 0 Å². The topological polar surface area (TPSA) is 54.5 Å². The molecule has 1 aliphatic rings. The van der Waals surface area contributed by atoms with Crippen LogP contribution in [-0.4, -0.2) is 26.1 Å². The van der Waals surface area contributed by atoms with Gasteiger partial charge in [0.25, 0.3) is 0 Å². The zero-order chi connectivity index (χ0) is 18.6. The molecule has 136 valence electrons. The first-order valence-electron chi connectivity index (χ1n) is 8.47. The summed E-state index contributed by atoms with van der Waals surface area (Å²) in [4.78, 5) is 14.5. The second kappa shape index (κ2) is 8.18. The number of aryl methyl sites for hydroxylation is 1. The molecule has 0 spiro atoms. The summed E-state index contributed by atoms with van der Waals surface area (Å²) in [6, 6.07) is 16.9. The van der Waals surface area contributed by atoms with E-state index in [-0.39, 0.29) is 11.7 Å². The minimum Gasteiger partial charge on any atom is -0.304 e. The van der Waals surface area contributed by atoms with E-state index in [9.17, 15) is 13.2 Å². The molecule has 1 amide bonds. The Hall–Kier alpha value is -1.92. The van der Waals surface area contributed by atoms with Gasteiger partial charge in [0, 0.05) is 22.0 Å². The van der Waals surface area contributed by atoms with Gasteiger partial charge in [0.15, 0.2) is 9.84 Å². The van der Waals surface area contributed by atoms with Gasteiger partial charge in [-0.05, 0) is 48.7 Å². The highest BCUT2D eigenvalue weighted by molar-refractivity contribution is 9.10. The molecule has 4 nitrogen and oxygen atoms in total. The monoisotopic (exact) mass is 433 g/mol. The Balaban J connectivity index is 1.73. The van der Waals surface area contributed by atoms with Gasteiger partial charge in [0.1, 0.15) is 0 Å². The third kappa shape index (κ3) is 4.83. The highest BCUT2D eigenvalue weighted by Gasteiger charge is 2.31. The molecule has 2 aromatic rings. The number of amides is 1. The fraction of sp³-hybridized carbons (Fsp3) is 0.250. The largest absolute Gasteiger partial charge is 0.304 e. The molecule has 0 fully saturated rings. The molecule has 2 aromatic carbocycles. The molecule has 1 aliphatic heterocycles. The van der Waals surface area contributed by atoms with Crippen molar-refractivity contribution in [3.8, 4) is 0 Å². The van der Waals surface area contributed by atoms with Crippen molar-refractivity contribution in [3.63, 3.8) is 0 Å². The van der Waals surface area contributed by atoms with Crippen molar-refractivity contribution in [1.29, 1.82) is 0 Å². The number of rotatable bonds is 6. The maximum atomic E-state index is 12.9. The average Bonchev–Trinajstić information content (AvgIpc) is 2.97. The zero-order valence-electron chi connectivity index (χ0n) is 14.2. The Morgan fingerprint density at radius 3 is 2.38 bits per heavy atom. The van der Waals surface area contributed by atoms with Crippen LogP contribution in [0.4, 0.5) is 5.69 Å². The van der Waals surface area contributed by atoms with E-state index < -0.39 is 15.9 Å². The van der Waals surface area contributed by atoms with E-state index in [1.165, 1.54) is 11.0 Å². The Morgan fingerprint density at radius 1 is 1.08 bits per heavy atom. The second-order valence-electron chi connectivity index (χ2n) is 6.30. The molecule has 0 saturated carbocycles. The van der Waals surface area contributed by atoms with Crippen LogP contribution in [0.1, 0.15) is 18.4 Å². The number of nitrogens with zero attached hydrogens (tertiary/aromatic N) is 1. The van der Waals surface area contributed by atoms with Gasteiger partial charge < -0.3 is 4.90 Å². The maximum absolute atomic E-state index is 12.9. The van der Waals surface area contributed by atoms with E-state index in [0.29, 0.717) is 12.1 Å². The summed E-state index contributed by atoms with van der Waals surface area (Å²) in [6.07, 6.45) is 3.51. The fourth-order valence-corrected chi connectivity index (χ4v) is 4.58. The lowest BCUT2D eigenvalue weighted by Gasteiger charge is -2.28. The van der Waals surface area contributed by atoms with E-state index in [1.54, 1.807) is 11.0 Å². The number of carbonyl (C=O) groups excluding carboxylic acids is 1. The van der Waals surface area contributed by atoms with Crippen LogP contribution in [0.2, 0.25) is 0 Å². The first-order valence-corrected chi connectivity index (χ1v) is 11.0. The number of hydrogen-bond acceptors (Lipinski definition) is 3. The van der Waals surface area contributed by atoms with Gasteiger partial charge in [-0.1, -0.05) is 46.3 Å². The van der Waals surface area contributed by atoms with Crippen molar-refractivity contribution in [3.05, 3.63) is 76.1 Å². The SMILES string of the molecule is O=C(CCCc1ccccc1)N(c1ccc(Br)cc1)[C@@H]1C=CS(=O)(=O)C1. The maximum Gasteiger partial charge on any atom is 0.227 e.